The normalized spacial score (nSPS) is 12.6. The maximum atomic E-state index is 12.3. The van der Waals surface area contributed by atoms with Crippen molar-refractivity contribution in [2.75, 3.05) is 0 Å². The van der Waals surface area contributed by atoms with Crippen molar-refractivity contribution in [2.24, 2.45) is 0 Å². The van der Waals surface area contributed by atoms with E-state index in [-0.39, 0.29) is 10.7 Å². The molecular formula is C10H7ClF3NO2. The summed E-state index contributed by atoms with van der Waals surface area (Å²) in [4.78, 5) is 14.1. The molecule has 0 spiro atoms. The fourth-order valence-electron chi connectivity index (χ4n) is 1.04. The zero-order chi connectivity index (χ0) is 13.2. The predicted octanol–water partition coefficient (Wildman–Crippen LogP) is 3.24. The van der Waals surface area contributed by atoms with Gasteiger partial charge in [0.05, 0.1) is 10.6 Å². The van der Waals surface area contributed by atoms with Crippen LogP contribution in [0.4, 0.5) is 13.2 Å². The van der Waals surface area contributed by atoms with Crippen LogP contribution in [0.2, 0.25) is 5.02 Å². The largest absolute Gasteiger partial charge is 0.505 e. The Morgan fingerprint density at radius 2 is 2.12 bits per heavy atom. The van der Waals surface area contributed by atoms with E-state index in [9.17, 15) is 23.1 Å². The number of aliphatic hydroxyl groups excluding tert-OH is 1. The molecule has 17 heavy (non-hydrogen) atoms. The number of allylic oxidation sites excluding steroid dienone is 1. The van der Waals surface area contributed by atoms with Gasteiger partial charge in [0.1, 0.15) is 11.5 Å². The summed E-state index contributed by atoms with van der Waals surface area (Å²) >= 11 is 5.54. The molecule has 92 valence electrons. The Labute approximate surface area is 99.5 Å². The number of carbonyl (C=O) groups is 1. The van der Waals surface area contributed by atoms with Gasteiger partial charge in [-0.2, -0.15) is 13.2 Å². The minimum Gasteiger partial charge on any atom is -0.505 e. The van der Waals surface area contributed by atoms with Crippen LogP contribution in [0.3, 0.4) is 0 Å². The number of nitrogens with zero attached hydrogens (tertiary/aromatic N) is 1. The molecule has 1 aromatic rings. The van der Waals surface area contributed by atoms with E-state index in [0.717, 1.165) is 6.08 Å². The first kappa shape index (κ1) is 13.5. The number of halogens is 4. The molecule has 3 nitrogen and oxygen atoms in total. The minimum absolute atomic E-state index is 0.269. The van der Waals surface area contributed by atoms with Crippen molar-refractivity contribution in [3.63, 3.8) is 0 Å². The van der Waals surface area contributed by atoms with E-state index in [1.165, 1.54) is 6.92 Å². The lowest BCUT2D eigenvalue weighted by molar-refractivity contribution is -0.137. The summed E-state index contributed by atoms with van der Waals surface area (Å²) in [7, 11) is 0. The molecule has 1 rings (SSSR count). The van der Waals surface area contributed by atoms with E-state index >= 15 is 0 Å². The van der Waals surface area contributed by atoms with Gasteiger partial charge in [-0.3, -0.25) is 9.78 Å². The molecule has 0 saturated carbocycles. The highest BCUT2D eigenvalue weighted by Gasteiger charge is 2.31. The van der Waals surface area contributed by atoms with Crippen molar-refractivity contribution in [1.82, 2.24) is 4.98 Å². The molecule has 0 unspecified atom stereocenters. The number of alkyl halides is 3. The number of pyridine rings is 1. The molecule has 7 heteroatoms. The van der Waals surface area contributed by atoms with Crippen LogP contribution in [0.1, 0.15) is 18.2 Å². The third kappa shape index (κ3) is 3.45. The second-order valence-electron chi connectivity index (χ2n) is 3.19. The van der Waals surface area contributed by atoms with Crippen molar-refractivity contribution >= 4 is 23.1 Å². The van der Waals surface area contributed by atoms with Gasteiger partial charge in [-0.1, -0.05) is 11.6 Å². The summed E-state index contributed by atoms with van der Waals surface area (Å²) in [6.45, 7) is 1.17. The van der Waals surface area contributed by atoms with Crippen LogP contribution >= 0.6 is 11.6 Å². The maximum absolute atomic E-state index is 12.3. The molecule has 0 atom stereocenters. The Morgan fingerprint density at radius 3 is 2.53 bits per heavy atom. The lowest BCUT2D eigenvalue weighted by atomic mass is 10.2. The lowest BCUT2D eigenvalue weighted by Gasteiger charge is -2.08. The number of hydrogen-bond acceptors (Lipinski definition) is 3. The Balaban J connectivity index is 3.19. The van der Waals surface area contributed by atoms with Gasteiger partial charge in [-0.15, -0.1) is 0 Å². The number of rotatable bonds is 2. The topological polar surface area (TPSA) is 50.2 Å². The average Bonchev–Trinajstić information content (AvgIpc) is 2.14. The number of aliphatic hydroxyl groups is 1. The van der Waals surface area contributed by atoms with Gasteiger partial charge < -0.3 is 5.11 Å². The van der Waals surface area contributed by atoms with Crippen molar-refractivity contribution < 1.29 is 23.1 Å². The van der Waals surface area contributed by atoms with Crippen LogP contribution < -0.4 is 0 Å². The molecule has 0 radical (unpaired) electrons. The fraction of sp³-hybridized carbons (Fsp3) is 0.200. The van der Waals surface area contributed by atoms with Crippen molar-refractivity contribution in [1.29, 1.82) is 0 Å². The molecule has 0 aliphatic rings. The third-order valence-corrected chi connectivity index (χ3v) is 2.04. The van der Waals surface area contributed by atoms with Crippen molar-refractivity contribution in [3.05, 3.63) is 34.6 Å². The van der Waals surface area contributed by atoms with Gasteiger partial charge in [-0.25, -0.2) is 0 Å². The standard InChI is InChI=1S/C10H7ClF3NO2/c1-5(16)2-8(17)9-7(11)3-6(4-15-9)10(12,13)14/h2-4,17H,1H3. The van der Waals surface area contributed by atoms with Crippen molar-refractivity contribution in [3.8, 4) is 0 Å². The molecule has 1 heterocycles. The van der Waals surface area contributed by atoms with Gasteiger partial charge in [0.15, 0.2) is 5.78 Å². The molecule has 0 aromatic carbocycles. The first-order valence-corrected chi connectivity index (χ1v) is 4.74. The Bertz CT molecular complexity index is 483. The van der Waals surface area contributed by atoms with E-state index in [1.807, 2.05) is 0 Å². The molecular weight excluding hydrogens is 259 g/mol. The molecule has 0 fully saturated rings. The highest BCUT2D eigenvalue weighted by Crippen LogP contribution is 2.32. The van der Waals surface area contributed by atoms with E-state index in [0.29, 0.717) is 12.3 Å². The van der Waals surface area contributed by atoms with Crippen molar-refractivity contribution in [2.45, 2.75) is 13.1 Å². The molecule has 1 aromatic heterocycles. The summed E-state index contributed by atoms with van der Waals surface area (Å²) in [6.07, 6.45) is -3.21. The fourth-order valence-corrected chi connectivity index (χ4v) is 1.31. The second-order valence-corrected chi connectivity index (χ2v) is 3.60. The molecule has 0 aliphatic carbocycles. The molecule has 1 N–H and O–H groups in total. The molecule has 0 aliphatic heterocycles. The summed E-state index contributed by atoms with van der Waals surface area (Å²) < 4.78 is 36.8. The zero-order valence-corrected chi connectivity index (χ0v) is 9.30. The Hall–Kier alpha value is -1.56. The number of aromatic nitrogens is 1. The smallest absolute Gasteiger partial charge is 0.417 e. The van der Waals surface area contributed by atoms with Gasteiger partial charge in [0, 0.05) is 12.3 Å². The Kier molecular flexibility index (Phi) is 3.77. The van der Waals surface area contributed by atoms with Gasteiger partial charge in [0.2, 0.25) is 0 Å². The van der Waals surface area contributed by atoms with Gasteiger partial charge in [-0.05, 0) is 13.0 Å². The van der Waals surface area contributed by atoms with Gasteiger partial charge in [0.25, 0.3) is 0 Å². The number of hydrogen-bond donors (Lipinski definition) is 1. The molecule has 0 saturated heterocycles. The monoisotopic (exact) mass is 265 g/mol. The van der Waals surface area contributed by atoms with E-state index in [4.69, 9.17) is 11.6 Å². The highest BCUT2D eigenvalue weighted by atomic mass is 35.5. The van der Waals surface area contributed by atoms with Crippen LogP contribution in [0.25, 0.3) is 5.76 Å². The van der Waals surface area contributed by atoms with E-state index < -0.39 is 23.3 Å². The maximum Gasteiger partial charge on any atom is 0.417 e. The van der Waals surface area contributed by atoms with E-state index in [2.05, 4.69) is 4.98 Å². The second kappa shape index (κ2) is 4.75. The molecule has 0 amide bonds. The van der Waals surface area contributed by atoms with Crippen LogP contribution in [0.5, 0.6) is 0 Å². The zero-order valence-electron chi connectivity index (χ0n) is 8.55. The summed E-state index contributed by atoms with van der Waals surface area (Å²) in [5.41, 5.74) is -1.29. The van der Waals surface area contributed by atoms with Crippen LogP contribution in [-0.4, -0.2) is 15.9 Å². The quantitative estimate of drug-likeness (QED) is 0.660. The number of carbonyl (C=O) groups excluding carboxylic acids is 1. The first-order valence-electron chi connectivity index (χ1n) is 4.36. The van der Waals surface area contributed by atoms with Crippen LogP contribution in [-0.2, 0) is 11.0 Å². The van der Waals surface area contributed by atoms with Crippen LogP contribution in [0.15, 0.2) is 18.3 Å². The summed E-state index contributed by atoms with van der Waals surface area (Å²) in [5.74, 6) is -1.04. The molecule has 0 bridgehead atoms. The SMILES string of the molecule is CC(=O)C=C(O)c1ncc(C(F)(F)F)cc1Cl. The first-order chi connectivity index (χ1) is 7.71. The summed E-state index contributed by atoms with van der Waals surface area (Å²) in [6, 6.07) is 0.633. The lowest BCUT2D eigenvalue weighted by Crippen LogP contribution is -2.06. The van der Waals surface area contributed by atoms with Crippen LogP contribution in [0, 0.1) is 0 Å². The van der Waals surface area contributed by atoms with E-state index in [1.54, 1.807) is 0 Å². The summed E-state index contributed by atoms with van der Waals surface area (Å²) in [5, 5.41) is 9.00. The third-order valence-electron chi connectivity index (χ3n) is 1.75. The number of ketones is 1. The predicted molar refractivity (Wildman–Crippen MR) is 55.5 cm³/mol. The minimum atomic E-state index is -4.56. The highest BCUT2D eigenvalue weighted by molar-refractivity contribution is 6.32. The Morgan fingerprint density at radius 1 is 1.53 bits per heavy atom. The average molecular weight is 266 g/mol. The van der Waals surface area contributed by atoms with Gasteiger partial charge >= 0.3 is 6.18 Å².